The molecule has 4 rings (SSSR count). The zero-order valence-electron chi connectivity index (χ0n) is 15.8. The number of fused-ring (bicyclic) bond motifs is 1. The summed E-state index contributed by atoms with van der Waals surface area (Å²) >= 11 is 0. The van der Waals surface area contributed by atoms with Crippen LogP contribution >= 0.6 is 24.0 Å². The van der Waals surface area contributed by atoms with E-state index in [0.717, 1.165) is 49.2 Å². The lowest BCUT2D eigenvalue weighted by Crippen LogP contribution is -2.48. The molecular weight excluding hydrogens is 459 g/mol. The highest BCUT2D eigenvalue weighted by Gasteiger charge is 2.25. The Morgan fingerprint density at radius 2 is 2.22 bits per heavy atom. The van der Waals surface area contributed by atoms with Gasteiger partial charge in [-0.15, -0.1) is 34.2 Å². The number of rotatable bonds is 3. The van der Waals surface area contributed by atoms with Crippen molar-refractivity contribution < 1.29 is 4.74 Å². The molecule has 1 saturated heterocycles. The summed E-state index contributed by atoms with van der Waals surface area (Å²) in [6.07, 6.45) is 7.31. The second kappa shape index (κ2) is 9.00. The Bertz CT molecular complexity index is 786. The third-order valence-corrected chi connectivity index (χ3v) is 5.02. The van der Waals surface area contributed by atoms with Crippen molar-refractivity contribution >= 4 is 29.9 Å². The minimum absolute atomic E-state index is 0. The fourth-order valence-electron chi connectivity index (χ4n) is 3.64. The van der Waals surface area contributed by atoms with Gasteiger partial charge < -0.3 is 19.5 Å². The molecule has 0 spiro atoms. The molecule has 2 aromatic rings. The average molecular weight is 486 g/mol. The van der Waals surface area contributed by atoms with Gasteiger partial charge in [0.1, 0.15) is 11.9 Å². The van der Waals surface area contributed by atoms with Gasteiger partial charge in [-0.3, -0.25) is 9.67 Å². The molecule has 4 heterocycles. The first-order valence-electron chi connectivity index (χ1n) is 9.21. The molecule has 0 aromatic carbocycles. The summed E-state index contributed by atoms with van der Waals surface area (Å²) in [5.74, 6) is 2.96. The van der Waals surface area contributed by atoms with Gasteiger partial charge in [-0.25, -0.2) is 0 Å². The van der Waals surface area contributed by atoms with Crippen LogP contribution in [-0.2, 0) is 31.3 Å². The lowest BCUT2D eigenvalue weighted by Gasteiger charge is -2.34. The fraction of sp³-hybridized carbons (Fsp3) is 0.647. The van der Waals surface area contributed by atoms with Crippen LogP contribution in [0.15, 0.2) is 17.4 Å². The Kier molecular flexibility index (Phi) is 6.68. The fourth-order valence-corrected chi connectivity index (χ4v) is 3.64. The van der Waals surface area contributed by atoms with Gasteiger partial charge in [0.15, 0.2) is 11.8 Å². The Morgan fingerprint density at radius 1 is 1.33 bits per heavy atom. The van der Waals surface area contributed by atoms with E-state index in [0.29, 0.717) is 13.2 Å². The van der Waals surface area contributed by atoms with E-state index in [4.69, 9.17) is 4.74 Å². The van der Waals surface area contributed by atoms with Crippen LogP contribution in [0.25, 0.3) is 0 Å². The van der Waals surface area contributed by atoms with Crippen LogP contribution in [-0.4, -0.2) is 62.1 Å². The van der Waals surface area contributed by atoms with Crippen LogP contribution in [0.5, 0.6) is 0 Å². The van der Waals surface area contributed by atoms with E-state index in [1.165, 1.54) is 12.8 Å². The van der Waals surface area contributed by atoms with Crippen LogP contribution in [0, 0.1) is 0 Å². The van der Waals surface area contributed by atoms with Gasteiger partial charge in [0.25, 0.3) is 0 Å². The van der Waals surface area contributed by atoms with Crippen LogP contribution in [0.2, 0.25) is 0 Å². The van der Waals surface area contributed by atoms with Gasteiger partial charge >= 0.3 is 0 Å². The van der Waals surface area contributed by atoms with Gasteiger partial charge in [-0.1, -0.05) is 0 Å². The second-order valence-electron chi connectivity index (χ2n) is 6.79. The van der Waals surface area contributed by atoms with Crippen molar-refractivity contribution in [2.24, 2.45) is 12.0 Å². The minimum atomic E-state index is 0. The number of aryl methyl sites for hydroxylation is 2. The summed E-state index contributed by atoms with van der Waals surface area (Å²) in [4.78, 5) is 6.68. The number of ether oxygens (including phenoxy) is 1. The van der Waals surface area contributed by atoms with Crippen molar-refractivity contribution in [1.82, 2.24) is 34.8 Å². The van der Waals surface area contributed by atoms with Gasteiger partial charge in [-0.05, 0) is 12.8 Å². The number of nitrogens with zero attached hydrogens (tertiary/aromatic N) is 7. The standard InChI is InChI=1S/C17H26N8O.HI/c1-18-17(19-10-16-22-21-15-5-3-4-6-25(15)16)24-7-8-26-14(12-24)13-9-20-23(2)11-13;/h9,11,14H,3-8,10,12H2,1-2H3,(H,18,19);1H. The molecule has 9 nitrogen and oxygen atoms in total. The van der Waals surface area contributed by atoms with Crippen molar-refractivity contribution in [2.75, 3.05) is 26.7 Å². The van der Waals surface area contributed by atoms with Crippen LogP contribution in [0.3, 0.4) is 0 Å². The third-order valence-electron chi connectivity index (χ3n) is 5.02. The topological polar surface area (TPSA) is 85.4 Å². The molecule has 1 unspecified atom stereocenters. The molecule has 0 bridgehead atoms. The molecule has 10 heteroatoms. The Balaban J connectivity index is 0.00000210. The highest BCUT2D eigenvalue weighted by Crippen LogP contribution is 2.21. The predicted molar refractivity (Wildman–Crippen MR) is 112 cm³/mol. The molecule has 0 radical (unpaired) electrons. The zero-order chi connectivity index (χ0) is 17.9. The Hall–Kier alpha value is -1.69. The van der Waals surface area contributed by atoms with E-state index in [2.05, 4.69) is 35.1 Å². The second-order valence-corrected chi connectivity index (χ2v) is 6.79. The first-order valence-corrected chi connectivity index (χ1v) is 9.21. The summed E-state index contributed by atoms with van der Waals surface area (Å²) in [7, 11) is 3.74. The molecule has 2 aliphatic heterocycles. The van der Waals surface area contributed by atoms with E-state index >= 15 is 0 Å². The Morgan fingerprint density at radius 3 is 3.00 bits per heavy atom. The number of hydrogen-bond acceptors (Lipinski definition) is 5. The van der Waals surface area contributed by atoms with E-state index < -0.39 is 0 Å². The highest BCUT2D eigenvalue weighted by molar-refractivity contribution is 14.0. The molecule has 27 heavy (non-hydrogen) atoms. The molecule has 0 amide bonds. The van der Waals surface area contributed by atoms with Crippen LogP contribution in [0.4, 0.5) is 0 Å². The average Bonchev–Trinajstić information content (AvgIpc) is 3.29. The SMILES string of the molecule is CN=C(NCc1nnc2n1CCCC2)N1CCOC(c2cnn(C)c2)C1.I. The largest absolute Gasteiger partial charge is 0.370 e. The molecule has 1 N–H and O–H groups in total. The molecule has 2 aromatic heterocycles. The van der Waals surface area contributed by atoms with E-state index in [-0.39, 0.29) is 30.1 Å². The summed E-state index contributed by atoms with van der Waals surface area (Å²) < 4.78 is 9.97. The number of aromatic nitrogens is 5. The molecule has 148 valence electrons. The first kappa shape index (κ1) is 20.1. The van der Waals surface area contributed by atoms with Gasteiger partial charge in [-0.2, -0.15) is 5.10 Å². The molecule has 2 aliphatic rings. The van der Waals surface area contributed by atoms with E-state index in [1.54, 1.807) is 4.68 Å². The number of aliphatic imine (C=N–C) groups is 1. The maximum atomic E-state index is 5.92. The smallest absolute Gasteiger partial charge is 0.194 e. The number of nitrogens with one attached hydrogen (secondary N) is 1. The minimum Gasteiger partial charge on any atom is -0.370 e. The number of guanidine groups is 1. The first-order chi connectivity index (χ1) is 12.7. The molecule has 0 aliphatic carbocycles. The van der Waals surface area contributed by atoms with Crippen molar-refractivity contribution in [2.45, 2.75) is 38.5 Å². The third kappa shape index (κ3) is 4.42. The maximum absolute atomic E-state index is 5.92. The summed E-state index contributed by atoms with van der Waals surface area (Å²) in [5, 5.41) is 16.4. The lowest BCUT2D eigenvalue weighted by molar-refractivity contribution is -0.00806. The number of morpholine rings is 1. The summed E-state index contributed by atoms with van der Waals surface area (Å²) in [5.41, 5.74) is 1.10. The van der Waals surface area contributed by atoms with Crippen LogP contribution in [0.1, 0.15) is 36.2 Å². The van der Waals surface area contributed by atoms with E-state index in [1.807, 2.05) is 26.5 Å². The summed E-state index contributed by atoms with van der Waals surface area (Å²) in [6, 6.07) is 0. The van der Waals surface area contributed by atoms with Crippen molar-refractivity contribution in [3.8, 4) is 0 Å². The van der Waals surface area contributed by atoms with Crippen molar-refractivity contribution in [1.29, 1.82) is 0 Å². The predicted octanol–water partition coefficient (Wildman–Crippen LogP) is 1.11. The number of halogens is 1. The molecule has 1 fully saturated rings. The van der Waals surface area contributed by atoms with E-state index in [9.17, 15) is 0 Å². The van der Waals surface area contributed by atoms with Gasteiger partial charge in [0, 0.05) is 45.4 Å². The van der Waals surface area contributed by atoms with Crippen molar-refractivity contribution in [3.05, 3.63) is 29.6 Å². The van der Waals surface area contributed by atoms with Crippen molar-refractivity contribution in [3.63, 3.8) is 0 Å². The highest BCUT2D eigenvalue weighted by atomic mass is 127. The number of hydrogen-bond donors (Lipinski definition) is 1. The van der Waals surface area contributed by atoms with Crippen LogP contribution < -0.4 is 5.32 Å². The molecule has 1 atom stereocenters. The maximum Gasteiger partial charge on any atom is 0.194 e. The normalized spacial score (nSPS) is 20.1. The Labute approximate surface area is 176 Å². The lowest BCUT2D eigenvalue weighted by atomic mass is 10.1. The zero-order valence-corrected chi connectivity index (χ0v) is 18.2. The van der Waals surface area contributed by atoms with Gasteiger partial charge in [0.05, 0.1) is 25.9 Å². The monoisotopic (exact) mass is 486 g/mol. The van der Waals surface area contributed by atoms with Gasteiger partial charge in [0.2, 0.25) is 0 Å². The summed E-state index contributed by atoms with van der Waals surface area (Å²) in [6.45, 7) is 3.88. The molecular formula is C17H27IN8O. The molecule has 0 saturated carbocycles. The quantitative estimate of drug-likeness (QED) is 0.398.